The van der Waals surface area contributed by atoms with E-state index in [1.54, 1.807) is 0 Å². The maximum atomic E-state index is 11.7. The first-order valence-electron chi connectivity index (χ1n) is 6.73. The van der Waals surface area contributed by atoms with Crippen molar-refractivity contribution in [1.29, 1.82) is 0 Å². The number of carbonyl (C=O) groups is 1. The highest BCUT2D eigenvalue weighted by atomic mass is 16.1. The van der Waals surface area contributed by atoms with E-state index in [1.807, 2.05) is 17.8 Å². The van der Waals surface area contributed by atoms with Gasteiger partial charge in [0.2, 0.25) is 5.91 Å². The Kier molecular flexibility index (Phi) is 4.58. The molecule has 102 valence electrons. The van der Waals surface area contributed by atoms with Gasteiger partial charge in [0.25, 0.3) is 0 Å². The maximum absolute atomic E-state index is 11.7. The van der Waals surface area contributed by atoms with Crippen LogP contribution in [0.5, 0.6) is 0 Å². The number of aromatic nitrogens is 1. The summed E-state index contributed by atoms with van der Waals surface area (Å²) < 4.78 is 1.99. The molecule has 0 aliphatic rings. The summed E-state index contributed by atoms with van der Waals surface area (Å²) in [5.74, 6) is 0.0682. The number of carbonyl (C=O) groups excluding carboxylic acids is 1. The van der Waals surface area contributed by atoms with Crippen molar-refractivity contribution in [3.63, 3.8) is 0 Å². The van der Waals surface area contributed by atoms with Crippen LogP contribution < -0.4 is 10.6 Å². The van der Waals surface area contributed by atoms with Crippen molar-refractivity contribution in [1.82, 2.24) is 15.2 Å². The summed E-state index contributed by atoms with van der Waals surface area (Å²) in [7, 11) is 1.94. The summed E-state index contributed by atoms with van der Waals surface area (Å²) >= 11 is 0. The molecule has 19 heavy (non-hydrogen) atoms. The summed E-state index contributed by atoms with van der Waals surface area (Å²) in [5, 5.41) is 7.21. The lowest BCUT2D eigenvalue weighted by Gasteiger charge is -2.07. The molecule has 1 aromatic carbocycles. The first-order chi connectivity index (χ1) is 9.24. The minimum absolute atomic E-state index is 0.0682. The van der Waals surface area contributed by atoms with Crippen molar-refractivity contribution in [2.75, 3.05) is 13.6 Å². The molecule has 0 atom stereocenters. The number of hydrogen-bond donors (Lipinski definition) is 2. The number of nitrogens with zero attached hydrogens (tertiary/aromatic N) is 1. The molecular formula is C15H21N3O. The van der Waals surface area contributed by atoms with E-state index in [2.05, 4.69) is 41.8 Å². The molecule has 0 fully saturated rings. The Balaban J connectivity index is 2.14. The van der Waals surface area contributed by atoms with Crippen LogP contribution in [-0.4, -0.2) is 24.1 Å². The quantitative estimate of drug-likeness (QED) is 0.832. The Morgan fingerprint density at radius 3 is 2.89 bits per heavy atom. The first kappa shape index (κ1) is 13.6. The van der Waals surface area contributed by atoms with Gasteiger partial charge in [0.15, 0.2) is 0 Å². The molecule has 0 aliphatic carbocycles. The molecule has 0 radical (unpaired) electrons. The topological polar surface area (TPSA) is 46.1 Å². The molecule has 0 aliphatic heterocycles. The second-order valence-electron chi connectivity index (χ2n) is 4.72. The monoisotopic (exact) mass is 259 g/mol. The van der Waals surface area contributed by atoms with E-state index in [1.165, 1.54) is 10.9 Å². The van der Waals surface area contributed by atoms with E-state index in [9.17, 15) is 4.79 Å². The number of fused-ring (bicyclic) bond motifs is 1. The Hall–Kier alpha value is -1.81. The summed E-state index contributed by atoms with van der Waals surface area (Å²) in [5.41, 5.74) is 2.36. The first-order valence-corrected chi connectivity index (χ1v) is 6.73. The summed E-state index contributed by atoms with van der Waals surface area (Å²) in [6.45, 7) is 4.03. The lowest BCUT2D eigenvalue weighted by Crippen LogP contribution is -2.27. The SMILES string of the molecule is CCCNC(=O)Cn1ccc2cc(CNC)ccc21. The number of amides is 1. The molecular weight excluding hydrogens is 238 g/mol. The van der Waals surface area contributed by atoms with Gasteiger partial charge in [-0.3, -0.25) is 4.79 Å². The lowest BCUT2D eigenvalue weighted by atomic mass is 10.1. The van der Waals surface area contributed by atoms with Crippen LogP contribution in [0.3, 0.4) is 0 Å². The normalized spacial score (nSPS) is 10.8. The van der Waals surface area contributed by atoms with Gasteiger partial charge in [-0.25, -0.2) is 0 Å². The van der Waals surface area contributed by atoms with Crippen LogP contribution in [0.2, 0.25) is 0 Å². The van der Waals surface area contributed by atoms with Crippen LogP contribution >= 0.6 is 0 Å². The Morgan fingerprint density at radius 1 is 1.32 bits per heavy atom. The van der Waals surface area contributed by atoms with E-state index < -0.39 is 0 Å². The molecule has 2 N–H and O–H groups in total. The minimum atomic E-state index is 0.0682. The van der Waals surface area contributed by atoms with Gasteiger partial charge in [-0.1, -0.05) is 13.0 Å². The molecule has 0 unspecified atom stereocenters. The highest BCUT2D eigenvalue weighted by molar-refractivity contribution is 5.83. The van der Waals surface area contributed by atoms with E-state index in [-0.39, 0.29) is 5.91 Å². The fourth-order valence-corrected chi connectivity index (χ4v) is 2.18. The zero-order valence-corrected chi connectivity index (χ0v) is 11.6. The third-order valence-corrected chi connectivity index (χ3v) is 3.10. The van der Waals surface area contributed by atoms with Crippen molar-refractivity contribution >= 4 is 16.8 Å². The molecule has 4 heteroatoms. The van der Waals surface area contributed by atoms with Gasteiger partial charge in [-0.2, -0.15) is 0 Å². The Bertz CT molecular complexity index is 560. The van der Waals surface area contributed by atoms with Crippen molar-refractivity contribution < 1.29 is 4.79 Å². The third-order valence-electron chi connectivity index (χ3n) is 3.10. The fourth-order valence-electron chi connectivity index (χ4n) is 2.18. The Labute approximate surface area is 113 Å². The molecule has 1 aromatic heterocycles. The predicted molar refractivity (Wildman–Crippen MR) is 78.0 cm³/mol. The largest absolute Gasteiger partial charge is 0.355 e. The van der Waals surface area contributed by atoms with E-state index in [0.29, 0.717) is 6.54 Å². The van der Waals surface area contributed by atoms with Crippen LogP contribution in [0.4, 0.5) is 0 Å². The molecule has 2 aromatic rings. The predicted octanol–water partition coefficient (Wildman–Crippen LogP) is 1.89. The summed E-state index contributed by atoms with van der Waals surface area (Å²) in [6, 6.07) is 8.39. The highest BCUT2D eigenvalue weighted by Crippen LogP contribution is 2.17. The van der Waals surface area contributed by atoms with Gasteiger partial charge in [-0.15, -0.1) is 0 Å². The molecule has 4 nitrogen and oxygen atoms in total. The van der Waals surface area contributed by atoms with Crippen molar-refractivity contribution in [2.24, 2.45) is 0 Å². The second kappa shape index (κ2) is 6.38. The number of benzene rings is 1. The molecule has 1 heterocycles. The van der Waals surface area contributed by atoms with Gasteiger partial charge >= 0.3 is 0 Å². The molecule has 0 saturated carbocycles. The van der Waals surface area contributed by atoms with Crippen LogP contribution in [0, 0.1) is 0 Å². The van der Waals surface area contributed by atoms with Gasteiger partial charge < -0.3 is 15.2 Å². The van der Waals surface area contributed by atoms with Crippen LogP contribution in [0.15, 0.2) is 30.5 Å². The molecule has 2 rings (SSSR count). The smallest absolute Gasteiger partial charge is 0.239 e. The number of rotatable bonds is 6. The minimum Gasteiger partial charge on any atom is -0.355 e. The van der Waals surface area contributed by atoms with Gasteiger partial charge in [0, 0.05) is 24.8 Å². The van der Waals surface area contributed by atoms with E-state index >= 15 is 0 Å². The molecule has 0 saturated heterocycles. The molecule has 1 amide bonds. The lowest BCUT2D eigenvalue weighted by molar-refractivity contribution is -0.121. The number of nitrogens with one attached hydrogen (secondary N) is 2. The Morgan fingerprint density at radius 2 is 2.16 bits per heavy atom. The van der Waals surface area contributed by atoms with Crippen molar-refractivity contribution in [2.45, 2.75) is 26.4 Å². The second-order valence-corrected chi connectivity index (χ2v) is 4.72. The van der Waals surface area contributed by atoms with E-state index in [4.69, 9.17) is 0 Å². The fraction of sp³-hybridized carbons (Fsp3) is 0.400. The summed E-state index contributed by atoms with van der Waals surface area (Å²) in [4.78, 5) is 11.7. The standard InChI is InChI=1S/C15H21N3O/c1-3-7-17-15(19)11-18-8-6-13-9-12(10-16-2)4-5-14(13)18/h4-6,8-9,16H,3,7,10-11H2,1-2H3,(H,17,19). The van der Waals surface area contributed by atoms with Gasteiger partial charge in [0.1, 0.15) is 6.54 Å². The van der Waals surface area contributed by atoms with Crippen LogP contribution in [0.1, 0.15) is 18.9 Å². The number of hydrogen-bond acceptors (Lipinski definition) is 2. The van der Waals surface area contributed by atoms with Crippen molar-refractivity contribution in [3.8, 4) is 0 Å². The third kappa shape index (κ3) is 3.35. The zero-order valence-electron chi connectivity index (χ0n) is 11.6. The molecule has 0 bridgehead atoms. The average molecular weight is 259 g/mol. The summed E-state index contributed by atoms with van der Waals surface area (Å²) in [6.07, 6.45) is 2.94. The van der Waals surface area contributed by atoms with Crippen molar-refractivity contribution in [3.05, 3.63) is 36.0 Å². The molecule has 0 spiro atoms. The highest BCUT2D eigenvalue weighted by Gasteiger charge is 2.06. The van der Waals surface area contributed by atoms with Crippen LogP contribution in [-0.2, 0) is 17.9 Å². The maximum Gasteiger partial charge on any atom is 0.239 e. The average Bonchev–Trinajstić information content (AvgIpc) is 2.79. The van der Waals surface area contributed by atoms with Gasteiger partial charge in [0.05, 0.1) is 0 Å². The van der Waals surface area contributed by atoms with Crippen LogP contribution in [0.25, 0.3) is 10.9 Å². The zero-order chi connectivity index (χ0) is 13.7. The van der Waals surface area contributed by atoms with Gasteiger partial charge in [-0.05, 0) is 42.6 Å². The van der Waals surface area contributed by atoms with E-state index in [0.717, 1.165) is 25.0 Å².